The van der Waals surface area contributed by atoms with Gasteiger partial charge in [0.05, 0.1) is 6.61 Å². The number of ether oxygens (including phenoxy) is 1. The van der Waals surface area contributed by atoms with Crippen LogP contribution in [0.4, 0.5) is 0 Å². The minimum Gasteiger partial charge on any atom is -0.502 e. The van der Waals surface area contributed by atoms with Crippen LogP contribution < -0.4 is 15.2 Å². The van der Waals surface area contributed by atoms with Crippen molar-refractivity contribution in [3.63, 3.8) is 0 Å². The summed E-state index contributed by atoms with van der Waals surface area (Å²) >= 11 is 1.79. The van der Waals surface area contributed by atoms with Gasteiger partial charge < -0.3 is 14.7 Å². The third kappa shape index (κ3) is 3.67. The lowest BCUT2D eigenvalue weighted by atomic mass is 9.93. The number of amides is 1. The van der Waals surface area contributed by atoms with Gasteiger partial charge in [-0.2, -0.15) is 0 Å². The largest absolute Gasteiger partial charge is 0.502 e. The van der Waals surface area contributed by atoms with E-state index in [4.69, 9.17) is 4.74 Å². The van der Waals surface area contributed by atoms with E-state index >= 15 is 0 Å². The SMILES string of the molecule is C[C@H]1CCOc2cccc3c2[C@H](c2ccccc2SC3)N2CN(CC1)C(=O)c1c(O)c(=O)ccn12. The summed E-state index contributed by atoms with van der Waals surface area (Å²) in [6, 6.07) is 15.6. The highest BCUT2D eigenvalue weighted by Gasteiger charge is 2.39. The molecule has 3 aliphatic rings. The van der Waals surface area contributed by atoms with Gasteiger partial charge in [-0.05, 0) is 42.0 Å². The third-order valence-electron chi connectivity index (χ3n) is 7.22. The zero-order valence-electron chi connectivity index (χ0n) is 19.5. The van der Waals surface area contributed by atoms with Gasteiger partial charge in [0, 0.05) is 35.0 Å². The number of thioether (sulfide) groups is 1. The quantitative estimate of drug-likeness (QED) is 0.512. The first-order valence-electron chi connectivity index (χ1n) is 12.0. The lowest BCUT2D eigenvalue weighted by molar-refractivity contribution is 0.0665. The van der Waals surface area contributed by atoms with E-state index in [0.717, 1.165) is 40.4 Å². The van der Waals surface area contributed by atoms with Crippen LogP contribution in [-0.4, -0.2) is 40.4 Å². The van der Waals surface area contributed by atoms with E-state index < -0.39 is 11.2 Å². The highest BCUT2D eigenvalue weighted by molar-refractivity contribution is 7.98. The lowest BCUT2D eigenvalue weighted by Crippen LogP contribution is -2.56. The number of hydrogen-bond acceptors (Lipinski definition) is 6. The Kier molecular flexibility index (Phi) is 5.48. The topological polar surface area (TPSA) is 75.0 Å². The molecule has 2 atom stereocenters. The maximum absolute atomic E-state index is 13.5. The molecule has 0 fully saturated rings. The van der Waals surface area contributed by atoms with Gasteiger partial charge in [0.25, 0.3) is 5.91 Å². The maximum Gasteiger partial charge on any atom is 0.277 e. The summed E-state index contributed by atoms with van der Waals surface area (Å²) in [7, 11) is 0. The first-order valence-corrected chi connectivity index (χ1v) is 13.0. The van der Waals surface area contributed by atoms with Crippen LogP contribution in [0.1, 0.15) is 53.0 Å². The maximum atomic E-state index is 13.5. The number of carbonyl (C=O) groups is 1. The average molecular weight is 490 g/mol. The second-order valence-electron chi connectivity index (χ2n) is 9.46. The van der Waals surface area contributed by atoms with Crippen molar-refractivity contribution in [2.45, 2.75) is 36.5 Å². The highest BCUT2D eigenvalue weighted by atomic mass is 32.2. The second kappa shape index (κ2) is 8.68. The monoisotopic (exact) mass is 489 g/mol. The number of hydrogen-bond donors (Lipinski definition) is 1. The Morgan fingerprint density at radius 1 is 1.06 bits per heavy atom. The fraction of sp³-hybridized carbons (Fsp3) is 0.333. The number of aromatic hydroxyl groups is 1. The van der Waals surface area contributed by atoms with Crippen LogP contribution in [0.2, 0.25) is 0 Å². The lowest BCUT2D eigenvalue weighted by Gasteiger charge is -2.44. The molecule has 8 heteroatoms. The van der Waals surface area contributed by atoms with Gasteiger partial charge in [-0.15, -0.1) is 11.8 Å². The number of carbonyl (C=O) groups excluding carboxylic acids is 1. The van der Waals surface area contributed by atoms with Crippen LogP contribution in [0.25, 0.3) is 0 Å². The molecule has 0 radical (unpaired) electrons. The molecule has 0 spiro atoms. The highest BCUT2D eigenvalue weighted by Crippen LogP contribution is 2.46. The van der Waals surface area contributed by atoms with Gasteiger partial charge in [0.15, 0.2) is 11.4 Å². The van der Waals surface area contributed by atoms with Crippen LogP contribution in [-0.2, 0) is 5.75 Å². The average Bonchev–Trinajstić information content (AvgIpc) is 3.02. The smallest absolute Gasteiger partial charge is 0.277 e. The molecule has 3 aliphatic heterocycles. The number of rotatable bonds is 0. The molecule has 0 aliphatic carbocycles. The Morgan fingerprint density at radius 3 is 2.80 bits per heavy atom. The number of fused-ring (bicyclic) bond motifs is 7. The first kappa shape index (κ1) is 22.1. The Labute approximate surface area is 207 Å². The van der Waals surface area contributed by atoms with E-state index in [1.807, 2.05) is 24.3 Å². The van der Waals surface area contributed by atoms with Crippen molar-refractivity contribution in [3.05, 3.63) is 87.3 Å². The van der Waals surface area contributed by atoms with Gasteiger partial charge in [0.2, 0.25) is 5.43 Å². The fourth-order valence-electron chi connectivity index (χ4n) is 5.27. The first-order chi connectivity index (χ1) is 17.0. The second-order valence-corrected chi connectivity index (χ2v) is 10.5. The number of pyridine rings is 1. The van der Waals surface area contributed by atoms with Crippen molar-refractivity contribution in [2.75, 3.05) is 24.8 Å². The number of aromatic nitrogens is 1. The zero-order chi connectivity index (χ0) is 24.1. The van der Waals surface area contributed by atoms with E-state index in [-0.39, 0.29) is 17.6 Å². The van der Waals surface area contributed by atoms with E-state index in [2.05, 4.69) is 30.1 Å². The minimum atomic E-state index is -0.554. The summed E-state index contributed by atoms with van der Waals surface area (Å²) in [6.45, 7) is 3.64. The van der Waals surface area contributed by atoms with Gasteiger partial charge in [0.1, 0.15) is 18.5 Å². The molecule has 4 heterocycles. The molecule has 0 saturated carbocycles. The molecule has 3 aromatic rings. The predicted octanol–water partition coefficient (Wildman–Crippen LogP) is 4.11. The van der Waals surface area contributed by atoms with Crippen molar-refractivity contribution in [1.82, 2.24) is 9.58 Å². The van der Waals surface area contributed by atoms with Crippen molar-refractivity contribution in [1.29, 1.82) is 0 Å². The Bertz CT molecular complexity index is 1370. The zero-order valence-corrected chi connectivity index (χ0v) is 20.3. The van der Waals surface area contributed by atoms with E-state index in [1.165, 1.54) is 11.6 Å². The van der Waals surface area contributed by atoms with Crippen LogP contribution in [0.3, 0.4) is 0 Å². The molecule has 1 aromatic heterocycles. The molecule has 2 bridgehead atoms. The van der Waals surface area contributed by atoms with Crippen LogP contribution in [0.15, 0.2) is 64.4 Å². The molecule has 35 heavy (non-hydrogen) atoms. The summed E-state index contributed by atoms with van der Waals surface area (Å²) in [6.07, 6.45) is 3.29. The molecule has 0 unspecified atom stereocenters. The molecular formula is C27H27N3O4S. The van der Waals surface area contributed by atoms with Crippen LogP contribution >= 0.6 is 11.8 Å². The third-order valence-corrected chi connectivity index (χ3v) is 8.36. The van der Waals surface area contributed by atoms with Gasteiger partial charge in [-0.1, -0.05) is 37.3 Å². The normalized spacial score (nSPS) is 21.5. The molecule has 1 N–H and O–H groups in total. The number of benzene rings is 2. The van der Waals surface area contributed by atoms with E-state index in [1.54, 1.807) is 27.5 Å². The van der Waals surface area contributed by atoms with E-state index in [9.17, 15) is 14.7 Å². The molecule has 2 aromatic carbocycles. The fourth-order valence-corrected chi connectivity index (χ4v) is 6.35. The van der Waals surface area contributed by atoms with Gasteiger partial charge >= 0.3 is 0 Å². The summed E-state index contributed by atoms with van der Waals surface area (Å²) in [5, 5.41) is 12.8. The minimum absolute atomic E-state index is 0.0165. The Hall–Kier alpha value is -3.39. The summed E-state index contributed by atoms with van der Waals surface area (Å²) in [4.78, 5) is 28.8. The standard InChI is InChI=1S/C27H27N3O4S/c1-17-9-12-28-16-30(29-13-10-20(31)26(32)25(29)27(28)33)24-19-6-2-3-8-22(19)35-15-18-5-4-7-21(23(18)24)34-14-11-17/h2-8,10,13,17,24,32H,9,11-12,14-16H2,1H3/t17-,24+/m1/s1. The summed E-state index contributed by atoms with van der Waals surface area (Å²) < 4.78 is 8.08. The molecular weight excluding hydrogens is 462 g/mol. The summed E-state index contributed by atoms with van der Waals surface area (Å²) in [5.41, 5.74) is 2.81. The molecule has 1 amide bonds. The number of nitrogens with zero attached hydrogens (tertiary/aromatic N) is 3. The van der Waals surface area contributed by atoms with Gasteiger partial charge in [-0.25, -0.2) is 0 Å². The molecule has 6 rings (SSSR count). The summed E-state index contributed by atoms with van der Waals surface area (Å²) in [5.74, 6) is 1.18. The molecule has 7 nitrogen and oxygen atoms in total. The van der Waals surface area contributed by atoms with E-state index in [0.29, 0.717) is 25.7 Å². The van der Waals surface area contributed by atoms with Crippen LogP contribution in [0, 0.1) is 5.92 Å². The molecule has 0 saturated heterocycles. The van der Waals surface area contributed by atoms with Crippen molar-refractivity contribution in [3.8, 4) is 11.5 Å². The van der Waals surface area contributed by atoms with Crippen molar-refractivity contribution >= 4 is 17.7 Å². The molecule has 180 valence electrons. The van der Waals surface area contributed by atoms with Crippen molar-refractivity contribution < 1.29 is 14.6 Å². The Morgan fingerprint density at radius 2 is 1.91 bits per heavy atom. The van der Waals surface area contributed by atoms with Crippen molar-refractivity contribution in [2.24, 2.45) is 5.92 Å². The Balaban J connectivity index is 1.65. The van der Waals surface area contributed by atoms with Crippen LogP contribution in [0.5, 0.6) is 11.5 Å². The van der Waals surface area contributed by atoms with Gasteiger partial charge in [-0.3, -0.25) is 19.3 Å². The predicted molar refractivity (Wildman–Crippen MR) is 135 cm³/mol.